The van der Waals surface area contributed by atoms with Crippen LogP contribution in [-0.2, 0) is 6.54 Å². The first-order valence-corrected chi connectivity index (χ1v) is 7.49. The van der Waals surface area contributed by atoms with E-state index >= 15 is 0 Å². The average molecular weight is 245 g/mol. The molecule has 1 fully saturated rings. The zero-order valence-corrected chi connectivity index (χ0v) is 12.1. The molecule has 2 rings (SSSR count). The lowest BCUT2D eigenvalue weighted by molar-refractivity contribution is 0.278. The number of nitrogens with one attached hydrogen (secondary N) is 1. The number of hydrogen-bond acceptors (Lipinski definition) is 1. The topological polar surface area (TPSA) is 12.0 Å². The van der Waals surface area contributed by atoms with Crippen LogP contribution in [0, 0.1) is 19.8 Å². The van der Waals surface area contributed by atoms with Gasteiger partial charge in [-0.05, 0) is 49.3 Å². The Morgan fingerprint density at radius 3 is 2.83 bits per heavy atom. The van der Waals surface area contributed by atoms with Gasteiger partial charge in [0.15, 0.2) is 0 Å². The molecule has 2 atom stereocenters. The normalized spacial score (nSPS) is 24.2. The lowest BCUT2D eigenvalue weighted by Crippen LogP contribution is -2.33. The molecule has 1 aromatic rings. The molecular formula is C17H27N. The molecule has 0 aromatic heterocycles. The molecule has 1 saturated carbocycles. The molecule has 1 N–H and O–H groups in total. The number of aryl methyl sites for hydroxylation is 1. The van der Waals surface area contributed by atoms with E-state index in [2.05, 4.69) is 44.3 Å². The van der Waals surface area contributed by atoms with Crippen LogP contribution in [-0.4, -0.2) is 6.04 Å². The van der Waals surface area contributed by atoms with Crippen molar-refractivity contribution in [2.75, 3.05) is 0 Å². The lowest BCUT2D eigenvalue weighted by Gasteiger charge is -2.29. The van der Waals surface area contributed by atoms with E-state index in [0.29, 0.717) is 0 Å². The summed E-state index contributed by atoms with van der Waals surface area (Å²) in [7, 11) is 0. The smallest absolute Gasteiger partial charge is 0.0210 e. The van der Waals surface area contributed by atoms with Gasteiger partial charge >= 0.3 is 0 Å². The van der Waals surface area contributed by atoms with Crippen molar-refractivity contribution in [3.63, 3.8) is 0 Å². The largest absolute Gasteiger partial charge is 0.310 e. The van der Waals surface area contributed by atoms with Crippen molar-refractivity contribution in [1.29, 1.82) is 0 Å². The first-order valence-electron chi connectivity index (χ1n) is 7.49. The first-order chi connectivity index (χ1) is 8.70. The minimum atomic E-state index is 0.739. The van der Waals surface area contributed by atoms with E-state index in [-0.39, 0.29) is 0 Å². The molecular weight excluding hydrogens is 218 g/mol. The molecule has 0 spiro atoms. The standard InChI is InChI=1S/C17H27N/c1-4-15-8-6-10-17(11-15)18-12-16-9-5-7-13(2)14(16)3/h5,7,9,15,17-18H,4,6,8,10-12H2,1-3H3. The summed E-state index contributed by atoms with van der Waals surface area (Å²) in [5.74, 6) is 0.954. The Morgan fingerprint density at radius 1 is 1.22 bits per heavy atom. The number of rotatable bonds is 4. The molecule has 1 nitrogen and oxygen atoms in total. The molecule has 0 radical (unpaired) electrons. The Morgan fingerprint density at radius 2 is 2.06 bits per heavy atom. The summed E-state index contributed by atoms with van der Waals surface area (Å²) in [6, 6.07) is 7.38. The van der Waals surface area contributed by atoms with E-state index in [1.54, 1.807) is 0 Å². The summed E-state index contributed by atoms with van der Waals surface area (Å²) in [6.45, 7) is 7.81. The molecule has 0 aliphatic heterocycles. The van der Waals surface area contributed by atoms with Crippen molar-refractivity contribution < 1.29 is 0 Å². The number of benzene rings is 1. The fourth-order valence-corrected chi connectivity index (χ4v) is 3.10. The molecule has 1 heteroatoms. The molecule has 18 heavy (non-hydrogen) atoms. The van der Waals surface area contributed by atoms with Crippen molar-refractivity contribution >= 4 is 0 Å². The minimum Gasteiger partial charge on any atom is -0.310 e. The van der Waals surface area contributed by atoms with E-state index in [1.807, 2.05) is 0 Å². The van der Waals surface area contributed by atoms with Crippen LogP contribution < -0.4 is 5.32 Å². The van der Waals surface area contributed by atoms with Gasteiger partial charge in [-0.1, -0.05) is 44.4 Å². The molecule has 0 heterocycles. The summed E-state index contributed by atoms with van der Waals surface area (Å²) >= 11 is 0. The third-order valence-corrected chi connectivity index (χ3v) is 4.66. The second kappa shape index (κ2) is 6.38. The first kappa shape index (κ1) is 13.6. The van der Waals surface area contributed by atoms with Crippen LogP contribution in [0.5, 0.6) is 0 Å². The summed E-state index contributed by atoms with van der Waals surface area (Å²) in [4.78, 5) is 0. The second-order valence-electron chi connectivity index (χ2n) is 5.88. The van der Waals surface area contributed by atoms with Gasteiger partial charge in [-0.3, -0.25) is 0 Å². The van der Waals surface area contributed by atoms with Crippen LogP contribution in [0.15, 0.2) is 18.2 Å². The Balaban J connectivity index is 1.89. The van der Waals surface area contributed by atoms with Gasteiger partial charge < -0.3 is 5.32 Å². The predicted molar refractivity (Wildman–Crippen MR) is 78.8 cm³/mol. The van der Waals surface area contributed by atoms with Gasteiger partial charge in [-0.15, -0.1) is 0 Å². The fraction of sp³-hybridized carbons (Fsp3) is 0.647. The van der Waals surface area contributed by atoms with Gasteiger partial charge in [-0.25, -0.2) is 0 Å². The van der Waals surface area contributed by atoms with Crippen LogP contribution in [0.25, 0.3) is 0 Å². The Hall–Kier alpha value is -0.820. The Labute approximate surface area is 112 Å². The fourth-order valence-electron chi connectivity index (χ4n) is 3.10. The average Bonchev–Trinajstić information content (AvgIpc) is 2.41. The van der Waals surface area contributed by atoms with Gasteiger partial charge in [-0.2, -0.15) is 0 Å². The third-order valence-electron chi connectivity index (χ3n) is 4.66. The number of hydrogen-bond donors (Lipinski definition) is 1. The Kier molecular flexibility index (Phi) is 4.82. The summed E-state index contributed by atoms with van der Waals surface area (Å²) in [6.07, 6.45) is 6.94. The molecule has 0 amide bonds. The molecule has 1 aliphatic carbocycles. The van der Waals surface area contributed by atoms with Gasteiger partial charge in [0, 0.05) is 12.6 Å². The summed E-state index contributed by atoms with van der Waals surface area (Å²) < 4.78 is 0. The maximum absolute atomic E-state index is 3.77. The highest BCUT2D eigenvalue weighted by Gasteiger charge is 2.20. The molecule has 1 aromatic carbocycles. The van der Waals surface area contributed by atoms with E-state index in [1.165, 1.54) is 48.8 Å². The maximum atomic E-state index is 3.77. The summed E-state index contributed by atoms with van der Waals surface area (Å²) in [5, 5.41) is 3.77. The van der Waals surface area contributed by atoms with Crippen molar-refractivity contribution in [2.24, 2.45) is 5.92 Å². The van der Waals surface area contributed by atoms with E-state index in [9.17, 15) is 0 Å². The summed E-state index contributed by atoms with van der Waals surface area (Å²) in [5.41, 5.74) is 4.32. The quantitative estimate of drug-likeness (QED) is 0.831. The van der Waals surface area contributed by atoms with Crippen molar-refractivity contribution in [2.45, 2.75) is 65.5 Å². The second-order valence-corrected chi connectivity index (χ2v) is 5.88. The third kappa shape index (κ3) is 3.35. The molecule has 100 valence electrons. The highest BCUT2D eigenvalue weighted by molar-refractivity contribution is 5.32. The van der Waals surface area contributed by atoms with Gasteiger partial charge in [0.1, 0.15) is 0 Å². The van der Waals surface area contributed by atoms with Crippen LogP contribution in [0.4, 0.5) is 0 Å². The van der Waals surface area contributed by atoms with Crippen LogP contribution in [0.2, 0.25) is 0 Å². The monoisotopic (exact) mass is 245 g/mol. The molecule has 0 bridgehead atoms. The SMILES string of the molecule is CCC1CCCC(NCc2cccc(C)c2C)C1. The zero-order chi connectivity index (χ0) is 13.0. The van der Waals surface area contributed by atoms with Crippen molar-refractivity contribution in [3.8, 4) is 0 Å². The van der Waals surface area contributed by atoms with Crippen molar-refractivity contribution in [1.82, 2.24) is 5.32 Å². The van der Waals surface area contributed by atoms with Gasteiger partial charge in [0.05, 0.1) is 0 Å². The van der Waals surface area contributed by atoms with Crippen molar-refractivity contribution in [3.05, 3.63) is 34.9 Å². The molecule has 2 unspecified atom stereocenters. The highest BCUT2D eigenvalue weighted by Crippen LogP contribution is 2.26. The van der Waals surface area contributed by atoms with E-state index in [0.717, 1.165) is 18.5 Å². The van der Waals surface area contributed by atoms with E-state index in [4.69, 9.17) is 0 Å². The molecule has 1 aliphatic rings. The van der Waals surface area contributed by atoms with Gasteiger partial charge in [0.2, 0.25) is 0 Å². The van der Waals surface area contributed by atoms with Crippen LogP contribution in [0.1, 0.15) is 55.7 Å². The molecule has 0 saturated heterocycles. The lowest BCUT2D eigenvalue weighted by atomic mass is 9.84. The van der Waals surface area contributed by atoms with Crippen LogP contribution in [0.3, 0.4) is 0 Å². The van der Waals surface area contributed by atoms with Crippen LogP contribution >= 0.6 is 0 Å². The predicted octanol–water partition coefficient (Wildman–Crippen LogP) is 4.36. The maximum Gasteiger partial charge on any atom is 0.0210 e. The zero-order valence-electron chi connectivity index (χ0n) is 12.1. The van der Waals surface area contributed by atoms with Gasteiger partial charge in [0.25, 0.3) is 0 Å². The Bertz CT molecular complexity index is 383. The minimum absolute atomic E-state index is 0.739. The van der Waals surface area contributed by atoms with E-state index < -0.39 is 0 Å². The highest BCUT2D eigenvalue weighted by atomic mass is 14.9.